The molecule has 0 saturated heterocycles. The second-order valence-corrected chi connectivity index (χ2v) is 6.60. The van der Waals surface area contributed by atoms with Crippen LogP contribution in [0.15, 0.2) is 0 Å². The van der Waals surface area contributed by atoms with Crippen LogP contribution >= 0.6 is 7.82 Å². The van der Waals surface area contributed by atoms with Gasteiger partial charge in [0, 0.05) is 19.8 Å². The van der Waals surface area contributed by atoms with Gasteiger partial charge >= 0.3 is 17.3 Å². The highest BCUT2D eigenvalue weighted by Gasteiger charge is 2.23. The molecule has 0 unspecified atom stereocenters. The Hall–Kier alpha value is 0.207. The average molecular weight is 346 g/mol. The Morgan fingerprint density at radius 1 is 0.619 bits per heavy atom. The first-order valence-corrected chi connectivity index (χ1v) is 10.3. The summed E-state index contributed by atoms with van der Waals surface area (Å²) in [5.41, 5.74) is 0. The monoisotopic (exact) mass is 346 g/mol. The molecule has 0 aliphatic rings. The molecule has 0 atom stereocenters. The van der Waals surface area contributed by atoms with E-state index in [1.54, 1.807) is 20.8 Å². The molecule has 0 amide bonds. The first-order valence-electron chi connectivity index (χ1n) is 7.41. The van der Waals surface area contributed by atoms with Gasteiger partial charge in [0.1, 0.15) is 0 Å². The Morgan fingerprint density at radius 2 is 0.905 bits per heavy atom. The molecule has 0 rings (SSSR count). The zero-order chi connectivity index (χ0) is 16.6. The third-order valence-corrected chi connectivity index (χ3v) is 5.31. The third-order valence-electron chi connectivity index (χ3n) is 1.77. The Bertz CT molecular complexity index is 218. The lowest BCUT2D eigenvalue weighted by molar-refractivity contribution is 0.107. The number of phosphoric ester groups is 1. The van der Waals surface area contributed by atoms with Crippen LogP contribution in [0.3, 0.4) is 0 Å². The SMILES string of the molecule is CCOP(=O)(OCC)OCC.CCO[SiH](OCC)OCC. The van der Waals surface area contributed by atoms with Gasteiger partial charge in [0.15, 0.2) is 0 Å². The van der Waals surface area contributed by atoms with Crippen molar-refractivity contribution >= 4 is 17.3 Å². The molecule has 0 fully saturated rings. The summed E-state index contributed by atoms with van der Waals surface area (Å²) in [5.74, 6) is 0. The van der Waals surface area contributed by atoms with Crippen molar-refractivity contribution in [2.45, 2.75) is 41.5 Å². The van der Waals surface area contributed by atoms with E-state index in [0.29, 0.717) is 39.6 Å². The summed E-state index contributed by atoms with van der Waals surface area (Å²) in [7, 11) is -4.95. The molecule has 0 N–H and O–H groups in total. The summed E-state index contributed by atoms with van der Waals surface area (Å²) < 4.78 is 41.5. The molecule has 0 bridgehead atoms. The fourth-order valence-corrected chi connectivity index (χ4v) is 3.42. The van der Waals surface area contributed by atoms with Gasteiger partial charge in [-0.3, -0.25) is 13.6 Å². The van der Waals surface area contributed by atoms with E-state index < -0.39 is 17.3 Å². The Labute approximate surface area is 130 Å². The van der Waals surface area contributed by atoms with Crippen LogP contribution in [-0.2, 0) is 31.4 Å². The topological polar surface area (TPSA) is 72.5 Å². The normalized spacial score (nSPS) is 11.4. The standard InChI is InChI=1S/C6H15O4P.C6H16O3Si/c1-4-8-11(7,9-5-2)10-6-3;1-4-7-10(8-5-2)9-6-3/h4-6H2,1-3H3;10H,4-6H2,1-3H3. The van der Waals surface area contributed by atoms with E-state index in [1.165, 1.54) is 0 Å². The summed E-state index contributed by atoms with van der Waals surface area (Å²) in [6.45, 7) is 14.1. The molecule has 0 radical (unpaired) electrons. The van der Waals surface area contributed by atoms with E-state index in [9.17, 15) is 4.57 Å². The summed E-state index contributed by atoms with van der Waals surface area (Å²) in [5, 5.41) is 0. The largest absolute Gasteiger partial charge is 0.484 e. The molecule has 130 valence electrons. The van der Waals surface area contributed by atoms with E-state index in [2.05, 4.69) is 0 Å². The quantitative estimate of drug-likeness (QED) is 0.397. The van der Waals surface area contributed by atoms with Gasteiger partial charge in [-0.1, -0.05) is 0 Å². The first-order chi connectivity index (χ1) is 10.0. The van der Waals surface area contributed by atoms with Crippen LogP contribution < -0.4 is 0 Å². The molecule has 0 heterocycles. The Morgan fingerprint density at radius 3 is 1.10 bits per heavy atom. The van der Waals surface area contributed by atoms with Crippen molar-refractivity contribution in [3.05, 3.63) is 0 Å². The highest BCUT2D eigenvalue weighted by Crippen LogP contribution is 2.48. The van der Waals surface area contributed by atoms with E-state index in [1.807, 2.05) is 20.8 Å². The van der Waals surface area contributed by atoms with Crippen molar-refractivity contribution in [1.29, 1.82) is 0 Å². The smallest absolute Gasteiger partial charge is 0.376 e. The maximum absolute atomic E-state index is 11.3. The van der Waals surface area contributed by atoms with Crippen molar-refractivity contribution in [2.75, 3.05) is 39.6 Å². The van der Waals surface area contributed by atoms with Crippen molar-refractivity contribution < 1.29 is 31.4 Å². The van der Waals surface area contributed by atoms with Gasteiger partial charge in [0.05, 0.1) is 19.8 Å². The minimum atomic E-state index is -3.22. The van der Waals surface area contributed by atoms with E-state index in [4.69, 9.17) is 26.8 Å². The third kappa shape index (κ3) is 14.9. The number of hydrogen-bond donors (Lipinski definition) is 0. The molecule has 7 nitrogen and oxygen atoms in total. The fourth-order valence-electron chi connectivity index (χ4n) is 1.14. The molecule has 0 aromatic carbocycles. The number of rotatable bonds is 12. The minimum absolute atomic E-state index is 0.331. The van der Waals surface area contributed by atoms with Crippen LogP contribution in [-0.4, -0.2) is 49.2 Å². The van der Waals surface area contributed by atoms with Gasteiger partial charge in [-0.2, -0.15) is 0 Å². The lowest BCUT2D eigenvalue weighted by Crippen LogP contribution is -2.27. The highest BCUT2D eigenvalue weighted by molar-refractivity contribution is 7.48. The van der Waals surface area contributed by atoms with Crippen LogP contribution in [0, 0.1) is 0 Å². The second-order valence-electron chi connectivity index (χ2n) is 3.36. The van der Waals surface area contributed by atoms with Crippen molar-refractivity contribution in [3.8, 4) is 0 Å². The molecule has 0 saturated carbocycles. The Kier molecular flexibility index (Phi) is 18.5. The lowest BCUT2D eigenvalue weighted by atomic mass is 10.9. The van der Waals surface area contributed by atoms with Gasteiger partial charge in [0.2, 0.25) is 0 Å². The van der Waals surface area contributed by atoms with E-state index in [0.717, 1.165) is 0 Å². The van der Waals surface area contributed by atoms with Crippen molar-refractivity contribution in [1.82, 2.24) is 0 Å². The summed E-state index contributed by atoms with van der Waals surface area (Å²) in [6, 6.07) is 0. The zero-order valence-electron chi connectivity index (χ0n) is 14.1. The second kappa shape index (κ2) is 16.6. The van der Waals surface area contributed by atoms with Crippen LogP contribution in [0.5, 0.6) is 0 Å². The lowest BCUT2D eigenvalue weighted by Gasteiger charge is -2.14. The molecule has 0 spiro atoms. The minimum Gasteiger partial charge on any atom is -0.376 e. The van der Waals surface area contributed by atoms with Crippen molar-refractivity contribution in [3.63, 3.8) is 0 Å². The van der Waals surface area contributed by atoms with Gasteiger partial charge in [-0.05, 0) is 41.5 Å². The molecule has 0 aliphatic heterocycles. The van der Waals surface area contributed by atoms with E-state index >= 15 is 0 Å². The molecule has 0 aromatic rings. The average Bonchev–Trinajstić information content (AvgIpc) is 2.41. The number of phosphoric acid groups is 1. The predicted octanol–water partition coefficient (Wildman–Crippen LogP) is 3.02. The summed E-state index contributed by atoms with van der Waals surface area (Å²) in [4.78, 5) is 0. The van der Waals surface area contributed by atoms with Crippen LogP contribution in [0.2, 0.25) is 0 Å². The Balaban J connectivity index is 0. The first kappa shape index (κ1) is 23.5. The van der Waals surface area contributed by atoms with Gasteiger partial charge in [-0.15, -0.1) is 0 Å². The van der Waals surface area contributed by atoms with Crippen LogP contribution in [0.25, 0.3) is 0 Å². The maximum atomic E-state index is 11.3. The highest BCUT2D eigenvalue weighted by atomic mass is 31.2. The predicted molar refractivity (Wildman–Crippen MR) is 84.5 cm³/mol. The number of hydrogen-bond acceptors (Lipinski definition) is 7. The zero-order valence-corrected chi connectivity index (χ0v) is 16.2. The molecular weight excluding hydrogens is 315 g/mol. The van der Waals surface area contributed by atoms with Crippen molar-refractivity contribution in [2.24, 2.45) is 0 Å². The fraction of sp³-hybridized carbons (Fsp3) is 1.00. The molecule has 9 heteroatoms. The summed E-state index contributed by atoms with van der Waals surface area (Å²) >= 11 is 0. The summed E-state index contributed by atoms with van der Waals surface area (Å²) in [6.07, 6.45) is 0. The van der Waals surface area contributed by atoms with Crippen LogP contribution in [0.4, 0.5) is 0 Å². The van der Waals surface area contributed by atoms with Gasteiger partial charge in [-0.25, -0.2) is 4.57 Å². The van der Waals surface area contributed by atoms with Crippen LogP contribution in [0.1, 0.15) is 41.5 Å². The van der Waals surface area contributed by atoms with Gasteiger partial charge < -0.3 is 13.3 Å². The van der Waals surface area contributed by atoms with Gasteiger partial charge in [0.25, 0.3) is 0 Å². The molecular formula is C12H31O7PSi. The molecule has 21 heavy (non-hydrogen) atoms. The van der Waals surface area contributed by atoms with E-state index in [-0.39, 0.29) is 0 Å². The molecule has 0 aliphatic carbocycles. The molecule has 0 aromatic heterocycles. The maximum Gasteiger partial charge on any atom is 0.484 e.